The molecule has 1 aromatic carbocycles. The van der Waals surface area contributed by atoms with E-state index in [1.807, 2.05) is 30.6 Å². The van der Waals surface area contributed by atoms with Crippen LogP contribution in [0.3, 0.4) is 0 Å². The van der Waals surface area contributed by atoms with E-state index in [0.717, 1.165) is 99.0 Å². The molecule has 2 aromatic heterocycles. The molecule has 2 saturated heterocycles. The van der Waals surface area contributed by atoms with Crippen molar-refractivity contribution in [3.8, 4) is 0 Å². The third-order valence-electron chi connectivity index (χ3n) is 9.49. The third-order valence-corrected chi connectivity index (χ3v) is 9.49. The first-order chi connectivity index (χ1) is 22.6. The second-order valence-electron chi connectivity index (χ2n) is 13.1. The zero-order chi connectivity index (χ0) is 31.6. The molecular formula is C35H51N7O4. The van der Waals surface area contributed by atoms with Crippen molar-refractivity contribution in [2.24, 2.45) is 0 Å². The lowest BCUT2D eigenvalue weighted by Gasteiger charge is -2.36. The molecule has 11 heteroatoms. The number of nitrogens with one attached hydrogen (secondary N) is 3. The summed E-state index contributed by atoms with van der Waals surface area (Å²) in [5, 5.41) is 7.12. The number of fused-ring (bicyclic) bond motifs is 1. The summed E-state index contributed by atoms with van der Waals surface area (Å²) in [6, 6.07) is 8.33. The van der Waals surface area contributed by atoms with Crippen molar-refractivity contribution in [1.82, 2.24) is 25.0 Å². The van der Waals surface area contributed by atoms with E-state index >= 15 is 0 Å². The fourth-order valence-corrected chi connectivity index (χ4v) is 6.82. The lowest BCUT2D eigenvalue weighted by atomic mass is 9.95. The van der Waals surface area contributed by atoms with Crippen molar-refractivity contribution in [2.45, 2.75) is 134 Å². The molecule has 0 radical (unpaired) electrons. The van der Waals surface area contributed by atoms with E-state index in [9.17, 15) is 4.79 Å². The predicted octanol–water partition coefficient (Wildman–Crippen LogP) is 7.78. The Labute approximate surface area is 272 Å². The van der Waals surface area contributed by atoms with Gasteiger partial charge in [-0.2, -0.15) is 9.97 Å². The van der Waals surface area contributed by atoms with Gasteiger partial charge in [0.2, 0.25) is 17.6 Å². The van der Waals surface area contributed by atoms with Crippen molar-refractivity contribution in [3.63, 3.8) is 0 Å². The van der Waals surface area contributed by atoms with E-state index in [0.29, 0.717) is 31.4 Å². The van der Waals surface area contributed by atoms with E-state index in [-0.39, 0.29) is 12.1 Å². The van der Waals surface area contributed by atoms with Gasteiger partial charge >= 0.3 is 0 Å². The molecule has 2 atom stereocenters. The van der Waals surface area contributed by atoms with E-state index in [2.05, 4.69) is 27.6 Å². The number of carbonyl (C=O) groups is 1. The Balaban J connectivity index is 1.18. The van der Waals surface area contributed by atoms with Gasteiger partial charge < -0.3 is 20.1 Å². The fourth-order valence-electron chi connectivity index (χ4n) is 6.82. The highest BCUT2D eigenvalue weighted by Crippen LogP contribution is 2.37. The van der Waals surface area contributed by atoms with E-state index in [4.69, 9.17) is 29.3 Å². The first-order valence-electron chi connectivity index (χ1n) is 17.7. The Hall–Kier alpha value is -3.28. The van der Waals surface area contributed by atoms with E-state index in [1.165, 1.54) is 32.1 Å². The van der Waals surface area contributed by atoms with Gasteiger partial charge in [-0.1, -0.05) is 64.0 Å². The minimum absolute atomic E-state index is 0.0726. The molecule has 1 amide bonds. The van der Waals surface area contributed by atoms with Crippen molar-refractivity contribution in [3.05, 3.63) is 36.2 Å². The fraction of sp³-hybridized carbons (Fsp3) is 0.657. The van der Waals surface area contributed by atoms with Gasteiger partial charge in [0, 0.05) is 36.7 Å². The van der Waals surface area contributed by atoms with Crippen LogP contribution in [0.15, 0.2) is 30.6 Å². The molecule has 3 aromatic rings. The summed E-state index contributed by atoms with van der Waals surface area (Å²) >= 11 is 0. The van der Waals surface area contributed by atoms with Crippen LogP contribution in [0.2, 0.25) is 0 Å². The van der Waals surface area contributed by atoms with Crippen LogP contribution in [0.5, 0.6) is 0 Å². The maximum atomic E-state index is 12.6. The quantitative estimate of drug-likeness (QED) is 0.121. The Morgan fingerprint density at radius 1 is 0.957 bits per heavy atom. The summed E-state index contributed by atoms with van der Waals surface area (Å²) in [5.41, 5.74) is 5.95. The lowest BCUT2D eigenvalue weighted by Crippen LogP contribution is -2.42. The molecule has 3 fully saturated rings. The molecule has 3 aliphatic rings. The average molecular weight is 634 g/mol. The minimum atomic E-state index is -1.01. The monoisotopic (exact) mass is 633 g/mol. The van der Waals surface area contributed by atoms with Gasteiger partial charge in [0.05, 0.1) is 12.9 Å². The summed E-state index contributed by atoms with van der Waals surface area (Å²) in [4.78, 5) is 33.2. The first kappa shape index (κ1) is 32.7. The highest BCUT2D eigenvalue weighted by atomic mass is 16.8. The molecule has 1 aliphatic carbocycles. The van der Waals surface area contributed by atoms with Crippen LogP contribution in [0.4, 0.5) is 17.5 Å². The maximum Gasteiger partial charge on any atom is 0.243 e. The Kier molecular flexibility index (Phi) is 11.4. The van der Waals surface area contributed by atoms with E-state index in [1.54, 1.807) is 0 Å². The molecule has 6 rings (SSSR count). The summed E-state index contributed by atoms with van der Waals surface area (Å²) in [6.07, 6.45) is 19.4. The number of aromatic nitrogens is 4. The van der Waals surface area contributed by atoms with Crippen molar-refractivity contribution in [1.29, 1.82) is 0 Å². The number of imidazole rings is 1. The Bertz CT molecular complexity index is 1390. The number of anilines is 3. The third kappa shape index (κ3) is 8.16. The molecule has 46 heavy (non-hydrogen) atoms. The number of unbranched alkanes of at least 4 members (excludes halogenated alkanes) is 4. The van der Waals surface area contributed by atoms with Crippen molar-refractivity contribution in [2.75, 3.05) is 23.8 Å². The molecule has 4 heterocycles. The number of carbonyl (C=O) groups excluding carboxylic acids is 1. The number of ether oxygens (including phenoxy) is 2. The highest BCUT2D eigenvalue weighted by Gasteiger charge is 2.38. The standard InChI is InChI=1S/C35H51N7O4/c1-2-3-4-5-9-16-29(43)41-46-35(22-11-13-24-45-35)26-18-20-28(21-19-26)38-34-39-32(37-27-14-7-6-8-15-27)31-33(40-34)42(25-36-31)30-17-10-12-23-44-30/h18-21,25,27,30H,2-17,22-24H2,1H3,(H,41,43)(H2,37,38,39,40). The van der Waals surface area contributed by atoms with Gasteiger partial charge in [-0.05, 0) is 63.5 Å². The highest BCUT2D eigenvalue weighted by molar-refractivity contribution is 5.85. The molecule has 0 spiro atoms. The number of rotatable bonds is 14. The van der Waals surface area contributed by atoms with Gasteiger partial charge in [0.25, 0.3) is 0 Å². The van der Waals surface area contributed by atoms with Crippen LogP contribution in [0.25, 0.3) is 11.2 Å². The summed E-state index contributed by atoms with van der Waals surface area (Å²) in [7, 11) is 0. The Morgan fingerprint density at radius 3 is 2.52 bits per heavy atom. The number of hydrogen-bond donors (Lipinski definition) is 3. The summed E-state index contributed by atoms with van der Waals surface area (Å²) < 4.78 is 14.4. The number of hydroxylamine groups is 1. The molecular weight excluding hydrogens is 582 g/mol. The topological polar surface area (TPSA) is 124 Å². The maximum absolute atomic E-state index is 12.6. The van der Waals surface area contributed by atoms with Crippen molar-refractivity contribution < 1.29 is 19.1 Å². The number of amides is 1. The smallest absolute Gasteiger partial charge is 0.243 e. The van der Waals surface area contributed by atoms with Gasteiger partial charge in [0.1, 0.15) is 6.23 Å². The van der Waals surface area contributed by atoms with Crippen LogP contribution < -0.4 is 16.1 Å². The number of benzene rings is 1. The average Bonchev–Trinajstić information content (AvgIpc) is 3.53. The normalized spacial score (nSPS) is 22.5. The van der Waals surface area contributed by atoms with Crippen LogP contribution >= 0.6 is 0 Å². The van der Waals surface area contributed by atoms with Crippen LogP contribution in [0, 0.1) is 0 Å². The summed E-state index contributed by atoms with van der Waals surface area (Å²) in [5.74, 6) is 0.149. The molecule has 1 saturated carbocycles. The minimum Gasteiger partial charge on any atom is -0.365 e. The second kappa shape index (κ2) is 16.0. The van der Waals surface area contributed by atoms with Gasteiger partial charge in [-0.15, -0.1) is 0 Å². The molecule has 11 nitrogen and oxygen atoms in total. The zero-order valence-electron chi connectivity index (χ0n) is 27.4. The number of nitrogens with zero attached hydrogens (tertiary/aromatic N) is 4. The first-order valence-corrected chi connectivity index (χ1v) is 17.7. The van der Waals surface area contributed by atoms with Gasteiger partial charge in [-0.25, -0.2) is 15.3 Å². The van der Waals surface area contributed by atoms with Gasteiger partial charge in [0.15, 0.2) is 17.0 Å². The number of hydrogen-bond acceptors (Lipinski definition) is 9. The molecule has 0 bridgehead atoms. The van der Waals surface area contributed by atoms with Gasteiger partial charge in [-0.3, -0.25) is 9.36 Å². The van der Waals surface area contributed by atoms with E-state index < -0.39 is 5.79 Å². The zero-order valence-corrected chi connectivity index (χ0v) is 27.4. The lowest BCUT2D eigenvalue weighted by molar-refractivity contribution is -0.290. The van der Waals surface area contributed by atoms with Crippen LogP contribution in [-0.4, -0.2) is 44.7 Å². The molecule has 2 unspecified atom stereocenters. The van der Waals surface area contributed by atoms with Crippen molar-refractivity contribution >= 4 is 34.5 Å². The predicted molar refractivity (Wildman–Crippen MR) is 178 cm³/mol. The molecule has 2 aliphatic heterocycles. The Morgan fingerprint density at radius 2 is 1.76 bits per heavy atom. The molecule has 250 valence electrons. The molecule has 3 N–H and O–H groups in total. The summed E-state index contributed by atoms with van der Waals surface area (Å²) in [6.45, 7) is 3.52. The second-order valence-corrected chi connectivity index (χ2v) is 13.1. The van der Waals surface area contributed by atoms with Crippen LogP contribution in [-0.2, 0) is 24.9 Å². The SMILES string of the molecule is CCCCCCCC(=O)NOC1(c2ccc(Nc3nc(NC4CCCCC4)c4ncn(C5CCCCO5)c4n3)cc2)CCCCO1. The largest absolute Gasteiger partial charge is 0.365 e. The van der Waals surface area contributed by atoms with Crippen LogP contribution in [0.1, 0.15) is 128 Å².